The Morgan fingerprint density at radius 2 is 1.87 bits per heavy atom. The third-order valence-electron chi connectivity index (χ3n) is 5.35. The van der Waals surface area contributed by atoms with Crippen molar-refractivity contribution in [2.75, 3.05) is 23.9 Å². The quantitative estimate of drug-likeness (QED) is 0.627. The molecule has 31 heavy (non-hydrogen) atoms. The van der Waals surface area contributed by atoms with Crippen LogP contribution in [0.15, 0.2) is 42.5 Å². The zero-order chi connectivity index (χ0) is 22.3. The second kappa shape index (κ2) is 7.81. The van der Waals surface area contributed by atoms with Gasteiger partial charge in [0.25, 0.3) is 11.8 Å². The first-order valence-electron chi connectivity index (χ1n) is 10.1. The van der Waals surface area contributed by atoms with Gasteiger partial charge in [-0.05, 0) is 48.2 Å². The predicted molar refractivity (Wildman–Crippen MR) is 124 cm³/mol. The summed E-state index contributed by atoms with van der Waals surface area (Å²) < 4.78 is 5.50. The van der Waals surface area contributed by atoms with E-state index in [9.17, 15) is 9.59 Å². The fraction of sp³-hybridized carbons (Fsp3) is 0.292. The minimum absolute atomic E-state index is 0.0366. The molecule has 0 radical (unpaired) electrons. The summed E-state index contributed by atoms with van der Waals surface area (Å²) in [6, 6.07) is 13.3. The smallest absolute Gasteiger partial charge is 0.264 e. The summed E-state index contributed by atoms with van der Waals surface area (Å²) >= 11 is 1.42. The number of nitrogens with one attached hydrogen (secondary N) is 1. The molecule has 0 fully saturated rings. The molecule has 2 aromatic carbocycles. The highest BCUT2D eigenvalue weighted by Crippen LogP contribution is 2.38. The third-order valence-corrected chi connectivity index (χ3v) is 6.24. The number of benzene rings is 2. The van der Waals surface area contributed by atoms with Crippen LogP contribution in [0.1, 0.15) is 41.6 Å². The molecule has 4 rings (SSSR count). The molecule has 0 saturated carbocycles. The SMILES string of the molecule is Cc1sc(NC(=O)c2ccc(C(C)(C)C)cc2)nc1-c1ccc2c(c1)N(C)C(=O)CO2. The number of carbonyl (C=O) groups excluding carboxylic acids is 2. The minimum Gasteiger partial charge on any atom is -0.482 e. The van der Waals surface area contributed by atoms with Gasteiger partial charge in [-0.15, -0.1) is 11.3 Å². The van der Waals surface area contributed by atoms with Crippen LogP contribution >= 0.6 is 11.3 Å². The molecule has 1 aliphatic rings. The van der Waals surface area contributed by atoms with Crippen molar-refractivity contribution in [3.8, 4) is 17.0 Å². The second-order valence-electron chi connectivity index (χ2n) is 8.63. The summed E-state index contributed by atoms with van der Waals surface area (Å²) in [6.07, 6.45) is 0. The molecular weight excluding hydrogens is 410 g/mol. The Kier molecular flexibility index (Phi) is 5.31. The van der Waals surface area contributed by atoms with E-state index < -0.39 is 0 Å². The van der Waals surface area contributed by atoms with Crippen LogP contribution in [0.3, 0.4) is 0 Å². The fourth-order valence-corrected chi connectivity index (χ4v) is 4.26. The lowest BCUT2D eigenvalue weighted by atomic mass is 9.87. The van der Waals surface area contributed by atoms with E-state index in [4.69, 9.17) is 4.74 Å². The van der Waals surface area contributed by atoms with E-state index in [2.05, 4.69) is 31.1 Å². The zero-order valence-electron chi connectivity index (χ0n) is 18.3. The number of anilines is 2. The van der Waals surface area contributed by atoms with E-state index in [-0.39, 0.29) is 23.8 Å². The van der Waals surface area contributed by atoms with Gasteiger partial charge in [0.1, 0.15) is 5.75 Å². The molecule has 1 N–H and O–H groups in total. The van der Waals surface area contributed by atoms with E-state index >= 15 is 0 Å². The highest BCUT2D eigenvalue weighted by Gasteiger charge is 2.23. The molecule has 6 nitrogen and oxygen atoms in total. The average molecular weight is 436 g/mol. The molecule has 7 heteroatoms. The minimum atomic E-state index is -0.190. The Balaban J connectivity index is 1.56. The number of rotatable bonds is 3. The van der Waals surface area contributed by atoms with Gasteiger partial charge < -0.3 is 9.64 Å². The number of aryl methyl sites for hydroxylation is 1. The fourth-order valence-electron chi connectivity index (χ4n) is 3.43. The summed E-state index contributed by atoms with van der Waals surface area (Å²) in [5.41, 5.74) is 4.16. The Hall–Kier alpha value is -3.19. The lowest BCUT2D eigenvalue weighted by Gasteiger charge is -2.26. The second-order valence-corrected chi connectivity index (χ2v) is 9.83. The van der Waals surface area contributed by atoms with Crippen LogP contribution in [0.25, 0.3) is 11.3 Å². The molecule has 0 aliphatic carbocycles. The van der Waals surface area contributed by atoms with Gasteiger partial charge in [-0.25, -0.2) is 4.98 Å². The van der Waals surface area contributed by atoms with Gasteiger partial charge in [0.05, 0.1) is 11.4 Å². The van der Waals surface area contributed by atoms with Crippen LogP contribution in [-0.2, 0) is 10.2 Å². The number of thiazole rings is 1. The van der Waals surface area contributed by atoms with Crippen molar-refractivity contribution < 1.29 is 14.3 Å². The van der Waals surface area contributed by atoms with Gasteiger partial charge in [-0.2, -0.15) is 0 Å². The number of fused-ring (bicyclic) bond motifs is 1. The predicted octanol–water partition coefficient (Wildman–Crippen LogP) is 5.02. The van der Waals surface area contributed by atoms with Gasteiger partial charge in [0, 0.05) is 23.1 Å². The standard InChI is InChI=1S/C24H25N3O3S/c1-14-21(16-8-11-19-18(12-16)27(5)20(28)13-30-19)25-23(31-14)26-22(29)15-6-9-17(10-7-15)24(2,3)4/h6-12H,13H2,1-5H3,(H,25,26,29). The number of likely N-dealkylation sites (N-methyl/N-ethyl adjacent to an activating group) is 1. The Morgan fingerprint density at radius 3 is 2.55 bits per heavy atom. The number of nitrogens with zero attached hydrogens (tertiary/aromatic N) is 2. The first-order valence-corrected chi connectivity index (χ1v) is 10.9. The molecule has 0 atom stereocenters. The van der Waals surface area contributed by atoms with E-state index in [1.54, 1.807) is 11.9 Å². The van der Waals surface area contributed by atoms with Crippen LogP contribution in [0.2, 0.25) is 0 Å². The summed E-state index contributed by atoms with van der Waals surface area (Å²) in [5.74, 6) is 0.390. The summed E-state index contributed by atoms with van der Waals surface area (Å²) in [7, 11) is 1.73. The van der Waals surface area contributed by atoms with Gasteiger partial charge >= 0.3 is 0 Å². The molecule has 160 valence electrons. The average Bonchev–Trinajstić information content (AvgIpc) is 3.10. The lowest BCUT2D eigenvalue weighted by Crippen LogP contribution is -2.35. The summed E-state index contributed by atoms with van der Waals surface area (Å²) in [5, 5.41) is 3.44. The molecule has 2 amide bonds. The van der Waals surface area contributed by atoms with Gasteiger partial charge in [-0.3, -0.25) is 14.9 Å². The third kappa shape index (κ3) is 4.18. The molecule has 3 aromatic rings. The van der Waals surface area contributed by atoms with E-state index in [1.165, 1.54) is 16.9 Å². The van der Waals surface area contributed by atoms with Crippen molar-refractivity contribution in [3.63, 3.8) is 0 Å². The maximum atomic E-state index is 12.7. The zero-order valence-corrected chi connectivity index (χ0v) is 19.1. The number of hydrogen-bond donors (Lipinski definition) is 1. The summed E-state index contributed by atoms with van der Waals surface area (Å²) in [6.45, 7) is 8.43. The topological polar surface area (TPSA) is 71.5 Å². The van der Waals surface area contributed by atoms with Crippen LogP contribution in [0, 0.1) is 6.92 Å². The molecule has 0 saturated heterocycles. The van der Waals surface area contributed by atoms with Gasteiger partial charge in [-0.1, -0.05) is 32.9 Å². The first kappa shape index (κ1) is 21.1. The Morgan fingerprint density at radius 1 is 1.16 bits per heavy atom. The Labute approximate surface area is 185 Å². The molecule has 0 spiro atoms. The maximum absolute atomic E-state index is 12.7. The number of carbonyl (C=O) groups is 2. The Bertz CT molecular complexity index is 1160. The van der Waals surface area contributed by atoms with Crippen LogP contribution in [-0.4, -0.2) is 30.5 Å². The number of ether oxygens (including phenoxy) is 1. The largest absolute Gasteiger partial charge is 0.482 e. The van der Waals surface area contributed by atoms with Crippen LogP contribution in [0.4, 0.5) is 10.8 Å². The van der Waals surface area contributed by atoms with Gasteiger partial charge in [0.2, 0.25) is 0 Å². The van der Waals surface area contributed by atoms with Crippen LogP contribution < -0.4 is 15.0 Å². The lowest BCUT2D eigenvalue weighted by molar-refractivity contribution is -0.120. The highest BCUT2D eigenvalue weighted by molar-refractivity contribution is 7.16. The van der Waals surface area contributed by atoms with Crippen molar-refractivity contribution in [2.45, 2.75) is 33.1 Å². The molecule has 2 heterocycles. The van der Waals surface area contributed by atoms with Gasteiger partial charge in [0.15, 0.2) is 11.7 Å². The van der Waals surface area contributed by atoms with E-state index in [1.807, 2.05) is 49.4 Å². The van der Waals surface area contributed by atoms with E-state index in [0.717, 1.165) is 16.1 Å². The molecule has 1 aliphatic heterocycles. The molecule has 1 aromatic heterocycles. The van der Waals surface area contributed by atoms with Crippen molar-refractivity contribution in [2.24, 2.45) is 0 Å². The van der Waals surface area contributed by atoms with Crippen molar-refractivity contribution in [1.29, 1.82) is 0 Å². The number of amides is 2. The first-order chi connectivity index (χ1) is 14.6. The highest BCUT2D eigenvalue weighted by atomic mass is 32.1. The number of hydrogen-bond acceptors (Lipinski definition) is 5. The van der Waals surface area contributed by atoms with Crippen molar-refractivity contribution in [1.82, 2.24) is 4.98 Å². The van der Waals surface area contributed by atoms with Crippen molar-refractivity contribution in [3.05, 3.63) is 58.5 Å². The molecular formula is C24H25N3O3S. The maximum Gasteiger partial charge on any atom is 0.264 e. The normalized spacial score (nSPS) is 13.6. The monoisotopic (exact) mass is 435 g/mol. The molecule has 0 unspecified atom stereocenters. The summed E-state index contributed by atoms with van der Waals surface area (Å²) in [4.78, 5) is 31.8. The van der Waals surface area contributed by atoms with Crippen molar-refractivity contribution >= 4 is 34.0 Å². The number of aromatic nitrogens is 1. The van der Waals surface area contributed by atoms with Crippen LogP contribution in [0.5, 0.6) is 5.75 Å². The van der Waals surface area contributed by atoms with E-state index in [0.29, 0.717) is 22.1 Å². The molecule has 0 bridgehead atoms.